The molecule has 1 aromatic rings. The molecule has 0 saturated heterocycles. The van der Waals surface area contributed by atoms with Crippen molar-refractivity contribution in [3.8, 4) is 12.1 Å². The number of hydrogen-bond acceptors (Lipinski definition) is 6. The van der Waals surface area contributed by atoms with E-state index in [9.17, 15) is 9.59 Å². The lowest BCUT2D eigenvalue weighted by Gasteiger charge is -2.02. The predicted molar refractivity (Wildman–Crippen MR) is 86.8 cm³/mol. The van der Waals surface area contributed by atoms with Gasteiger partial charge in [-0.1, -0.05) is 24.3 Å². The van der Waals surface area contributed by atoms with Crippen LogP contribution in [0.5, 0.6) is 0 Å². The minimum absolute atomic E-state index is 0.595. The maximum atomic E-state index is 11.4. The Balaban J connectivity index is 2.60. The van der Waals surface area contributed by atoms with Gasteiger partial charge in [0, 0.05) is 12.2 Å². The Morgan fingerprint density at radius 2 is 1.21 bits per heavy atom. The summed E-state index contributed by atoms with van der Waals surface area (Å²) >= 11 is 0. The van der Waals surface area contributed by atoms with Crippen LogP contribution in [0.25, 0.3) is 12.2 Å². The Labute approximate surface area is 140 Å². The van der Waals surface area contributed by atoms with Crippen LogP contribution in [0.1, 0.15) is 25.0 Å². The highest BCUT2D eigenvalue weighted by molar-refractivity contribution is 5.88. The molecular weight excluding hydrogens is 308 g/mol. The highest BCUT2D eigenvalue weighted by Crippen LogP contribution is 2.08. The molecule has 0 heterocycles. The van der Waals surface area contributed by atoms with E-state index in [-0.39, 0.29) is 0 Å². The molecule has 0 aliphatic rings. The second kappa shape index (κ2) is 9.60. The quantitative estimate of drug-likeness (QED) is 0.589. The smallest absolute Gasteiger partial charge is 0.332 e. The van der Waals surface area contributed by atoms with Crippen LogP contribution in [0.4, 0.5) is 0 Å². The molecule has 0 N–H and O–H groups in total. The van der Waals surface area contributed by atoms with Crippen LogP contribution in [-0.2, 0) is 19.1 Å². The van der Waals surface area contributed by atoms with E-state index in [1.807, 2.05) is 0 Å². The summed E-state index contributed by atoms with van der Waals surface area (Å²) in [5.41, 5.74) is 1.52. The molecule has 0 spiro atoms. The van der Waals surface area contributed by atoms with Crippen molar-refractivity contribution in [1.29, 1.82) is 10.5 Å². The molecule has 2 unspecified atom stereocenters. The molecule has 6 heteroatoms. The Bertz CT molecular complexity index is 658. The summed E-state index contributed by atoms with van der Waals surface area (Å²) in [7, 11) is 0. The second-order valence-electron chi connectivity index (χ2n) is 4.75. The molecule has 1 rings (SSSR count). The van der Waals surface area contributed by atoms with Crippen LogP contribution < -0.4 is 0 Å². The van der Waals surface area contributed by atoms with Crippen LogP contribution >= 0.6 is 0 Å². The summed E-state index contributed by atoms with van der Waals surface area (Å²) in [6.07, 6.45) is 4.00. The van der Waals surface area contributed by atoms with Crippen molar-refractivity contribution >= 4 is 24.1 Å². The molecule has 24 heavy (non-hydrogen) atoms. The fourth-order valence-corrected chi connectivity index (χ4v) is 1.53. The van der Waals surface area contributed by atoms with Crippen molar-refractivity contribution in [2.75, 3.05) is 0 Å². The standard InChI is InChI=1S/C18H16N2O4/c1-13(11-19)23-17(21)9-7-15-3-5-16(6-4-15)8-10-18(22)24-14(2)12-20/h3-10,13-14H,1-2H3. The maximum Gasteiger partial charge on any atom is 0.332 e. The lowest BCUT2D eigenvalue weighted by Crippen LogP contribution is -2.10. The third-order valence-electron chi connectivity index (χ3n) is 2.71. The summed E-state index contributed by atoms with van der Waals surface area (Å²) in [5.74, 6) is -1.19. The number of hydrogen-bond donors (Lipinski definition) is 0. The molecule has 0 aliphatic heterocycles. The van der Waals surface area contributed by atoms with Crippen molar-refractivity contribution in [3.05, 3.63) is 47.5 Å². The second-order valence-corrected chi connectivity index (χ2v) is 4.75. The molecular formula is C18H16N2O4. The average molecular weight is 324 g/mol. The first-order valence-electron chi connectivity index (χ1n) is 7.11. The molecule has 2 atom stereocenters. The van der Waals surface area contributed by atoms with Gasteiger partial charge in [0.15, 0.2) is 12.2 Å². The van der Waals surface area contributed by atoms with Gasteiger partial charge in [-0.2, -0.15) is 10.5 Å². The van der Waals surface area contributed by atoms with Gasteiger partial charge in [-0.15, -0.1) is 0 Å². The Morgan fingerprint density at radius 1 is 0.875 bits per heavy atom. The summed E-state index contributed by atoms with van der Waals surface area (Å²) in [6.45, 7) is 2.96. The Hall–Kier alpha value is -3.38. The number of esters is 2. The van der Waals surface area contributed by atoms with Crippen molar-refractivity contribution in [1.82, 2.24) is 0 Å². The van der Waals surface area contributed by atoms with E-state index < -0.39 is 24.1 Å². The number of carbonyl (C=O) groups is 2. The Kier molecular flexibility index (Phi) is 7.47. The number of benzene rings is 1. The summed E-state index contributed by atoms with van der Waals surface area (Å²) in [4.78, 5) is 22.8. The van der Waals surface area contributed by atoms with Crippen LogP contribution in [0.2, 0.25) is 0 Å². The van der Waals surface area contributed by atoms with Crippen LogP contribution in [0.3, 0.4) is 0 Å². The topological polar surface area (TPSA) is 100 Å². The average Bonchev–Trinajstić information content (AvgIpc) is 2.58. The van der Waals surface area contributed by atoms with E-state index >= 15 is 0 Å². The molecule has 0 radical (unpaired) electrons. The molecule has 0 aromatic heterocycles. The highest BCUT2D eigenvalue weighted by atomic mass is 16.5. The summed E-state index contributed by atoms with van der Waals surface area (Å²) in [6, 6.07) is 10.6. The van der Waals surface area contributed by atoms with Gasteiger partial charge in [-0.3, -0.25) is 0 Å². The monoisotopic (exact) mass is 324 g/mol. The van der Waals surface area contributed by atoms with Crippen LogP contribution in [0.15, 0.2) is 36.4 Å². The van der Waals surface area contributed by atoms with E-state index in [1.54, 1.807) is 48.6 Å². The van der Waals surface area contributed by atoms with Crippen LogP contribution in [-0.4, -0.2) is 24.1 Å². The van der Waals surface area contributed by atoms with Gasteiger partial charge in [0.25, 0.3) is 0 Å². The van der Waals surface area contributed by atoms with Gasteiger partial charge < -0.3 is 9.47 Å². The number of ether oxygens (including phenoxy) is 2. The molecule has 0 amide bonds. The van der Waals surface area contributed by atoms with Gasteiger partial charge >= 0.3 is 11.9 Å². The zero-order valence-electron chi connectivity index (χ0n) is 13.3. The van der Waals surface area contributed by atoms with Gasteiger partial charge in [0.05, 0.1) is 0 Å². The Morgan fingerprint density at radius 3 is 1.50 bits per heavy atom. The minimum Gasteiger partial charge on any atom is -0.444 e. The van der Waals surface area contributed by atoms with Gasteiger partial charge in [0.1, 0.15) is 12.1 Å². The van der Waals surface area contributed by atoms with Crippen molar-refractivity contribution in [2.24, 2.45) is 0 Å². The van der Waals surface area contributed by atoms with Gasteiger partial charge in [0.2, 0.25) is 0 Å². The lowest BCUT2D eigenvalue weighted by molar-refractivity contribution is -0.140. The number of carbonyl (C=O) groups excluding carboxylic acids is 2. The van der Waals surface area contributed by atoms with Crippen LogP contribution in [0, 0.1) is 22.7 Å². The number of nitriles is 2. The molecule has 0 bridgehead atoms. The maximum absolute atomic E-state index is 11.4. The lowest BCUT2D eigenvalue weighted by atomic mass is 10.1. The van der Waals surface area contributed by atoms with Gasteiger partial charge in [-0.25, -0.2) is 9.59 Å². The first-order chi connectivity index (χ1) is 11.4. The van der Waals surface area contributed by atoms with E-state index in [2.05, 4.69) is 0 Å². The zero-order chi connectivity index (χ0) is 17.9. The third-order valence-corrected chi connectivity index (χ3v) is 2.71. The SMILES string of the molecule is CC(C#N)OC(=O)C=Cc1ccc(C=CC(=O)OC(C)C#N)cc1. The molecule has 1 aromatic carbocycles. The first kappa shape index (κ1) is 18.7. The van der Waals surface area contributed by atoms with Gasteiger partial charge in [-0.05, 0) is 37.1 Å². The van der Waals surface area contributed by atoms with E-state index in [0.29, 0.717) is 0 Å². The van der Waals surface area contributed by atoms with Crippen molar-refractivity contribution in [2.45, 2.75) is 26.1 Å². The normalized spacial score (nSPS) is 13.0. The predicted octanol–water partition coefficient (Wildman–Crippen LogP) is 2.62. The van der Waals surface area contributed by atoms with Crippen molar-refractivity contribution < 1.29 is 19.1 Å². The van der Waals surface area contributed by atoms with Crippen molar-refractivity contribution in [3.63, 3.8) is 0 Å². The zero-order valence-corrected chi connectivity index (χ0v) is 13.3. The molecule has 122 valence electrons. The third kappa shape index (κ3) is 7.06. The fourth-order valence-electron chi connectivity index (χ4n) is 1.53. The molecule has 0 saturated carbocycles. The fraction of sp³-hybridized carbons (Fsp3) is 0.222. The summed E-state index contributed by atoms with van der Waals surface area (Å²) < 4.78 is 9.56. The molecule has 6 nitrogen and oxygen atoms in total. The molecule has 0 aliphatic carbocycles. The minimum atomic E-state index is -0.793. The number of nitrogens with zero attached hydrogens (tertiary/aromatic N) is 2. The summed E-state index contributed by atoms with van der Waals surface area (Å²) in [5, 5.41) is 17.1. The largest absolute Gasteiger partial charge is 0.444 e. The molecule has 0 fully saturated rings. The van der Waals surface area contributed by atoms with E-state index in [0.717, 1.165) is 11.1 Å². The number of rotatable bonds is 6. The first-order valence-corrected chi connectivity index (χ1v) is 7.11. The highest BCUT2D eigenvalue weighted by Gasteiger charge is 2.04. The van der Waals surface area contributed by atoms with E-state index in [1.165, 1.54) is 26.0 Å². The van der Waals surface area contributed by atoms with E-state index in [4.69, 9.17) is 20.0 Å².